The van der Waals surface area contributed by atoms with Gasteiger partial charge in [0.2, 0.25) is 0 Å². The predicted molar refractivity (Wildman–Crippen MR) is 61.3 cm³/mol. The number of esters is 1. The van der Waals surface area contributed by atoms with Crippen LogP contribution in [0.1, 0.15) is 21.7 Å². The van der Waals surface area contributed by atoms with Crippen molar-refractivity contribution in [1.29, 1.82) is 0 Å². The summed E-state index contributed by atoms with van der Waals surface area (Å²) in [5.74, 6) is -0.801. The molecule has 0 aliphatic rings. The summed E-state index contributed by atoms with van der Waals surface area (Å²) in [7, 11) is 1.13. The van der Waals surface area contributed by atoms with Gasteiger partial charge in [0.05, 0.1) is 12.6 Å². The van der Waals surface area contributed by atoms with Crippen LogP contribution >= 0.6 is 11.6 Å². The minimum absolute atomic E-state index is 0.0840. The van der Waals surface area contributed by atoms with Crippen LogP contribution in [-0.2, 0) is 10.9 Å². The minimum Gasteiger partial charge on any atom is -0.464 e. The number of fused-ring (bicyclic) bond motifs is 1. The molecule has 0 amide bonds. The standard InChI is InChI=1S/C11H8ClF3N2O2/c1-5-7-3-6(12)4-8(11(13,14)15)17(7)16-9(5)10(18)19-2/h3-4H,1-2H3. The number of methoxy groups -OCH3 is 1. The Kier molecular flexibility index (Phi) is 3.17. The maximum absolute atomic E-state index is 12.9. The van der Waals surface area contributed by atoms with E-state index >= 15 is 0 Å². The number of carbonyl (C=O) groups is 1. The molecule has 8 heteroatoms. The van der Waals surface area contributed by atoms with Gasteiger partial charge in [-0.3, -0.25) is 0 Å². The molecule has 0 unspecified atom stereocenters. The first kappa shape index (κ1) is 13.7. The summed E-state index contributed by atoms with van der Waals surface area (Å²) in [4.78, 5) is 11.4. The van der Waals surface area contributed by atoms with Gasteiger partial charge in [0.15, 0.2) is 5.69 Å². The van der Waals surface area contributed by atoms with Crippen molar-refractivity contribution in [1.82, 2.24) is 9.61 Å². The molecule has 2 heterocycles. The van der Waals surface area contributed by atoms with E-state index in [1.807, 2.05) is 0 Å². The van der Waals surface area contributed by atoms with E-state index in [9.17, 15) is 18.0 Å². The van der Waals surface area contributed by atoms with E-state index in [-0.39, 0.29) is 21.8 Å². The van der Waals surface area contributed by atoms with Crippen molar-refractivity contribution in [3.63, 3.8) is 0 Å². The Balaban J connectivity index is 2.83. The van der Waals surface area contributed by atoms with Gasteiger partial charge in [0.1, 0.15) is 5.69 Å². The zero-order valence-corrected chi connectivity index (χ0v) is 10.6. The number of aromatic nitrogens is 2. The maximum atomic E-state index is 12.9. The normalized spacial score (nSPS) is 11.9. The van der Waals surface area contributed by atoms with Gasteiger partial charge in [-0.2, -0.15) is 18.3 Å². The first-order valence-corrected chi connectivity index (χ1v) is 5.48. The summed E-state index contributed by atoms with van der Waals surface area (Å²) in [6.07, 6.45) is -4.63. The molecule has 0 radical (unpaired) electrons. The Morgan fingerprint density at radius 3 is 2.58 bits per heavy atom. The van der Waals surface area contributed by atoms with Crippen LogP contribution in [-0.4, -0.2) is 22.7 Å². The molecule has 0 fully saturated rings. The molecular weight excluding hydrogens is 285 g/mol. The highest BCUT2D eigenvalue weighted by molar-refractivity contribution is 6.31. The van der Waals surface area contributed by atoms with Crippen molar-refractivity contribution in [3.05, 3.63) is 34.1 Å². The fraction of sp³-hybridized carbons (Fsp3) is 0.273. The average Bonchev–Trinajstić information content (AvgIpc) is 2.64. The summed E-state index contributed by atoms with van der Waals surface area (Å²) >= 11 is 5.67. The van der Waals surface area contributed by atoms with Crippen molar-refractivity contribution in [3.8, 4) is 0 Å². The second-order valence-corrected chi connectivity index (χ2v) is 4.26. The number of hydrogen-bond acceptors (Lipinski definition) is 3. The fourth-order valence-electron chi connectivity index (χ4n) is 1.72. The van der Waals surface area contributed by atoms with E-state index in [1.54, 1.807) is 0 Å². The van der Waals surface area contributed by atoms with Crippen LogP contribution in [0.25, 0.3) is 5.52 Å². The second kappa shape index (κ2) is 4.41. The third kappa shape index (κ3) is 2.25. The van der Waals surface area contributed by atoms with E-state index in [4.69, 9.17) is 11.6 Å². The highest BCUT2D eigenvalue weighted by Gasteiger charge is 2.35. The predicted octanol–water partition coefficient (Wildman–Crippen LogP) is 3.10. The van der Waals surface area contributed by atoms with Crippen LogP contribution in [0.4, 0.5) is 13.2 Å². The molecule has 2 rings (SSSR count). The lowest BCUT2D eigenvalue weighted by molar-refractivity contribution is -0.142. The Morgan fingerprint density at radius 2 is 2.05 bits per heavy atom. The molecule has 2 aromatic rings. The van der Waals surface area contributed by atoms with Gasteiger partial charge in [-0.15, -0.1) is 0 Å². The molecule has 0 spiro atoms. The highest BCUT2D eigenvalue weighted by Crippen LogP contribution is 2.33. The summed E-state index contributed by atoms with van der Waals surface area (Å²) in [5.41, 5.74) is -0.830. The topological polar surface area (TPSA) is 43.6 Å². The van der Waals surface area contributed by atoms with Crippen molar-refractivity contribution in [2.45, 2.75) is 13.1 Å². The number of carbonyl (C=O) groups excluding carboxylic acids is 1. The molecule has 0 bridgehead atoms. The number of halogens is 4. The Hall–Kier alpha value is -1.76. The van der Waals surface area contributed by atoms with Crippen LogP contribution < -0.4 is 0 Å². The molecule has 0 aliphatic heterocycles. The van der Waals surface area contributed by atoms with Crippen LogP contribution in [0.3, 0.4) is 0 Å². The van der Waals surface area contributed by atoms with Gasteiger partial charge < -0.3 is 4.74 Å². The quantitative estimate of drug-likeness (QED) is 0.759. The molecule has 102 valence electrons. The van der Waals surface area contributed by atoms with Gasteiger partial charge in [0, 0.05) is 10.6 Å². The summed E-state index contributed by atoms with van der Waals surface area (Å²) in [5, 5.41) is 3.57. The molecule has 4 nitrogen and oxygen atoms in total. The van der Waals surface area contributed by atoms with Gasteiger partial charge >= 0.3 is 12.1 Å². The molecule has 0 saturated carbocycles. The summed E-state index contributed by atoms with van der Waals surface area (Å²) < 4.78 is 43.8. The molecule has 0 aliphatic carbocycles. The first-order chi connectivity index (χ1) is 8.75. The van der Waals surface area contributed by atoms with Gasteiger partial charge in [0.25, 0.3) is 0 Å². The Bertz CT molecular complexity index is 664. The lowest BCUT2D eigenvalue weighted by atomic mass is 10.2. The van der Waals surface area contributed by atoms with Gasteiger partial charge in [-0.1, -0.05) is 11.6 Å². The zero-order valence-electron chi connectivity index (χ0n) is 9.88. The number of aryl methyl sites for hydroxylation is 1. The summed E-state index contributed by atoms with van der Waals surface area (Å²) in [6.45, 7) is 1.48. The Labute approximate surface area is 110 Å². The van der Waals surface area contributed by atoms with Gasteiger partial charge in [-0.25, -0.2) is 9.31 Å². The molecule has 0 N–H and O–H groups in total. The summed E-state index contributed by atoms with van der Waals surface area (Å²) in [6, 6.07) is 2.06. The fourth-order valence-corrected chi connectivity index (χ4v) is 1.93. The van der Waals surface area contributed by atoms with E-state index < -0.39 is 17.8 Å². The maximum Gasteiger partial charge on any atom is 0.433 e. The monoisotopic (exact) mass is 292 g/mol. The first-order valence-electron chi connectivity index (χ1n) is 5.10. The van der Waals surface area contributed by atoms with Gasteiger partial charge in [-0.05, 0) is 19.1 Å². The van der Waals surface area contributed by atoms with Crippen molar-refractivity contribution in [2.24, 2.45) is 0 Å². The molecule has 0 atom stereocenters. The lowest BCUT2D eigenvalue weighted by Crippen LogP contribution is -2.13. The molecule has 0 aromatic carbocycles. The third-order valence-corrected chi connectivity index (χ3v) is 2.83. The third-order valence-electron chi connectivity index (χ3n) is 2.61. The molecule has 2 aromatic heterocycles. The SMILES string of the molecule is COC(=O)c1nn2c(C(F)(F)F)cc(Cl)cc2c1C. The molecular formula is C11H8ClF3N2O2. The van der Waals surface area contributed by atoms with Crippen LogP contribution in [0.5, 0.6) is 0 Å². The van der Waals surface area contributed by atoms with Crippen molar-refractivity contribution >= 4 is 23.1 Å². The lowest BCUT2D eigenvalue weighted by Gasteiger charge is -2.09. The number of hydrogen-bond donors (Lipinski definition) is 0. The van der Waals surface area contributed by atoms with Crippen LogP contribution in [0.2, 0.25) is 5.02 Å². The molecule has 0 saturated heterocycles. The van der Waals surface area contributed by atoms with E-state index in [0.717, 1.165) is 13.2 Å². The van der Waals surface area contributed by atoms with Crippen LogP contribution in [0, 0.1) is 6.92 Å². The van der Waals surface area contributed by atoms with E-state index in [0.29, 0.717) is 4.52 Å². The number of nitrogens with zero attached hydrogens (tertiary/aromatic N) is 2. The average molecular weight is 293 g/mol. The largest absolute Gasteiger partial charge is 0.464 e. The van der Waals surface area contributed by atoms with E-state index in [2.05, 4.69) is 9.84 Å². The minimum atomic E-state index is -4.63. The van der Waals surface area contributed by atoms with Crippen molar-refractivity contribution in [2.75, 3.05) is 7.11 Å². The van der Waals surface area contributed by atoms with Crippen molar-refractivity contribution < 1.29 is 22.7 Å². The number of alkyl halides is 3. The second-order valence-electron chi connectivity index (χ2n) is 3.82. The highest BCUT2D eigenvalue weighted by atomic mass is 35.5. The van der Waals surface area contributed by atoms with E-state index in [1.165, 1.54) is 13.0 Å². The number of pyridine rings is 1. The number of rotatable bonds is 1. The molecule has 19 heavy (non-hydrogen) atoms. The number of ether oxygens (including phenoxy) is 1. The Morgan fingerprint density at radius 1 is 1.42 bits per heavy atom. The zero-order chi connectivity index (χ0) is 14.4. The van der Waals surface area contributed by atoms with Crippen LogP contribution in [0.15, 0.2) is 12.1 Å². The smallest absolute Gasteiger partial charge is 0.433 e.